The molecule has 0 amide bonds. The lowest BCUT2D eigenvalue weighted by Crippen LogP contribution is -2.27. The number of nitrogens with zero attached hydrogens (tertiary/aromatic N) is 2. The van der Waals surface area contributed by atoms with Gasteiger partial charge in [0.25, 0.3) is 0 Å². The molecule has 6 heteroatoms. The molecule has 0 fully saturated rings. The SMILES string of the molecule is CSc1ccc(C(CNc2cccc(C(=O)O)n2)N(C)C)cc1. The molecule has 5 nitrogen and oxygen atoms in total. The largest absolute Gasteiger partial charge is 0.477 e. The second-order valence-corrected chi connectivity index (χ2v) is 6.23. The quantitative estimate of drug-likeness (QED) is 0.760. The van der Waals surface area contributed by atoms with Gasteiger partial charge in [-0.2, -0.15) is 0 Å². The molecule has 0 saturated heterocycles. The highest BCUT2D eigenvalue weighted by Crippen LogP contribution is 2.22. The Kier molecular flexibility index (Phi) is 6.01. The Morgan fingerprint density at radius 3 is 2.52 bits per heavy atom. The first-order valence-corrected chi connectivity index (χ1v) is 8.48. The van der Waals surface area contributed by atoms with Gasteiger partial charge in [-0.05, 0) is 50.2 Å². The number of hydrogen-bond donors (Lipinski definition) is 2. The monoisotopic (exact) mass is 331 g/mol. The zero-order valence-corrected chi connectivity index (χ0v) is 14.3. The lowest BCUT2D eigenvalue weighted by atomic mass is 10.1. The number of carboxylic acid groups (broad SMARTS) is 1. The molecule has 2 aromatic rings. The molecular formula is C17H21N3O2S. The molecular weight excluding hydrogens is 310 g/mol. The summed E-state index contributed by atoms with van der Waals surface area (Å²) in [5.74, 6) is -0.456. The van der Waals surface area contributed by atoms with Crippen molar-refractivity contribution in [2.75, 3.05) is 32.2 Å². The number of thioether (sulfide) groups is 1. The molecule has 0 radical (unpaired) electrons. The highest BCUT2D eigenvalue weighted by atomic mass is 32.2. The number of pyridine rings is 1. The van der Waals surface area contributed by atoms with Crippen molar-refractivity contribution in [3.8, 4) is 0 Å². The summed E-state index contributed by atoms with van der Waals surface area (Å²) in [4.78, 5) is 18.4. The third-order valence-electron chi connectivity index (χ3n) is 3.57. The number of benzene rings is 1. The number of aromatic carboxylic acids is 1. The molecule has 1 heterocycles. The maximum atomic E-state index is 11.0. The van der Waals surface area contributed by atoms with Crippen molar-refractivity contribution in [1.82, 2.24) is 9.88 Å². The summed E-state index contributed by atoms with van der Waals surface area (Å²) in [5, 5.41) is 12.2. The fourth-order valence-corrected chi connectivity index (χ4v) is 2.69. The van der Waals surface area contributed by atoms with E-state index in [0.29, 0.717) is 12.4 Å². The van der Waals surface area contributed by atoms with Crippen molar-refractivity contribution in [2.24, 2.45) is 0 Å². The zero-order chi connectivity index (χ0) is 16.8. The van der Waals surface area contributed by atoms with Crippen LogP contribution in [-0.2, 0) is 0 Å². The van der Waals surface area contributed by atoms with E-state index >= 15 is 0 Å². The van der Waals surface area contributed by atoms with E-state index in [4.69, 9.17) is 5.11 Å². The molecule has 23 heavy (non-hydrogen) atoms. The Bertz CT molecular complexity index is 659. The van der Waals surface area contributed by atoms with Gasteiger partial charge in [-0.15, -0.1) is 11.8 Å². The summed E-state index contributed by atoms with van der Waals surface area (Å²) in [6, 6.07) is 13.6. The van der Waals surface area contributed by atoms with Crippen molar-refractivity contribution < 1.29 is 9.90 Å². The number of hydrogen-bond acceptors (Lipinski definition) is 5. The number of carbonyl (C=O) groups is 1. The molecule has 0 aliphatic heterocycles. The van der Waals surface area contributed by atoms with E-state index in [1.807, 2.05) is 14.1 Å². The number of rotatable bonds is 7. The van der Waals surface area contributed by atoms with Gasteiger partial charge in [-0.3, -0.25) is 0 Å². The Morgan fingerprint density at radius 1 is 1.26 bits per heavy atom. The molecule has 0 aliphatic carbocycles. The van der Waals surface area contributed by atoms with E-state index in [0.717, 1.165) is 0 Å². The molecule has 2 N–H and O–H groups in total. The van der Waals surface area contributed by atoms with Crippen LogP contribution < -0.4 is 5.32 Å². The van der Waals surface area contributed by atoms with Gasteiger partial charge in [0, 0.05) is 11.4 Å². The van der Waals surface area contributed by atoms with Crippen LogP contribution in [0, 0.1) is 0 Å². The molecule has 0 aliphatic rings. The molecule has 0 bridgehead atoms. The van der Waals surface area contributed by atoms with E-state index in [1.165, 1.54) is 16.5 Å². The number of anilines is 1. The van der Waals surface area contributed by atoms with Crippen molar-refractivity contribution in [3.05, 3.63) is 53.7 Å². The minimum Gasteiger partial charge on any atom is -0.477 e. The first kappa shape index (κ1) is 17.3. The van der Waals surface area contributed by atoms with Crippen LogP contribution >= 0.6 is 11.8 Å². The van der Waals surface area contributed by atoms with Gasteiger partial charge >= 0.3 is 5.97 Å². The number of carboxylic acids is 1. The molecule has 0 saturated carbocycles. The molecule has 2 rings (SSSR count). The van der Waals surface area contributed by atoms with Gasteiger partial charge in [0.15, 0.2) is 5.69 Å². The predicted molar refractivity (Wildman–Crippen MR) is 94.3 cm³/mol. The Morgan fingerprint density at radius 2 is 1.96 bits per heavy atom. The van der Waals surface area contributed by atoms with Crippen LogP contribution in [0.25, 0.3) is 0 Å². The van der Waals surface area contributed by atoms with Crippen LogP contribution in [0.1, 0.15) is 22.1 Å². The van der Waals surface area contributed by atoms with Crippen molar-refractivity contribution in [2.45, 2.75) is 10.9 Å². The maximum absolute atomic E-state index is 11.0. The van der Waals surface area contributed by atoms with E-state index in [-0.39, 0.29) is 11.7 Å². The average molecular weight is 331 g/mol. The minimum absolute atomic E-state index is 0.0423. The molecule has 1 aromatic heterocycles. The second-order valence-electron chi connectivity index (χ2n) is 5.35. The van der Waals surface area contributed by atoms with Crippen LogP contribution in [0.3, 0.4) is 0 Å². The number of likely N-dealkylation sites (N-methyl/N-ethyl adjacent to an activating group) is 1. The smallest absolute Gasteiger partial charge is 0.354 e. The third kappa shape index (κ3) is 4.71. The topological polar surface area (TPSA) is 65.5 Å². The van der Waals surface area contributed by atoms with Crippen LogP contribution in [0.4, 0.5) is 5.82 Å². The molecule has 1 unspecified atom stereocenters. The fourth-order valence-electron chi connectivity index (χ4n) is 2.28. The first-order chi connectivity index (χ1) is 11.0. The van der Waals surface area contributed by atoms with Crippen LogP contribution in [0.5, 0.6) is 0 Å². The van der Waals surface area contributed by atoms with Crippen LogP contribution in [0.15, 0.2) is 47.4 Å². The van der Waals surface area contributed by atoms with E-state index < -0.39 is 5.97 Å². The lowest BCUT2D eigenvalue weighted by molar-refractivity contribution is 0.0690. The van der Waals surface area contributed by atoms with E-state index in [9.17, 15) is 4.79 Å². The zero-order valence-electron chi connectivity index (χ0n) is 13.5. The number of aromatic nitrogens is 1. The second kappa shape index (κ2) is 7.99. The van der Waals surface area contributed by atoms with Crippen molar-refractivity contribution >= 4 is 23.5 Å². The van der Waals surface area contributed by atoms with Gasteiger partial charge in [0.1, 0.15) is 5.82 Å². The molecule has 122 valence electrons. The van der Waals surface area contributed by atoms with E-state index in [2.05, 4.69) is 45.7 Å². The summed E-state index contributed by atoms with van der Waals surface area (Å²) < 4.78 is 0. The third-order valence-corrected chi connectivity index (χ3v) is 4.31. The highest BCUT2D eigenvalue weighted by Gasteiger charge is 2.14. The van der Waals surface area contributed by atoms with Gasteiger partial charge in [-0.1, -0.05) is 18.2 Å². The van der Waals surface area contributed by atoms with E-state index in [1.54, 1.807) is 23.9 Å². The predicted octanol–water partition coefficient (Wildman–Crippen LogP) is 3.22. The first-order valence-electron chi connectivity index (χ1n) is 7.26. The van der Waals surface area contributed by atoms with Gasteiger partial charge in [0.05, 0.1) is 6.04 Å². The fraction of sp³-hybridized carbons (Fsp3) is 0.294. The summed E-state index contributed by atoms with van der Waals surface area (Å²) in [6.45, 7) is 0.641. The summed E-state index contributed by atoms with van der Waals surface area (Å²) in [6.07, 6.45) is 2.06. The van der Waals surface area contributed by atoms with Crippen molar-refractivity contribution in [3.63, 3.8) is 0 Å². The van der Waals surface area contributed by atoms with Gasteiger partial charge in [0.2, 0.25) is 0 Å². The summed E-state index contributed by atoms with van der Waals surface area (Å²) in [7, 11) is 4.05. The average Bonchev–Trinajstić information content (AvgIpc) is 2.55. The van der Waals surface area contributed by atoms with Crippen LogP contribution in [-0.4, -0.2) is 47.9 Å². The normalized spacial score (nSPS) is 12.2. The summed E-state index contributed by atoms with van der Waals surface area (Å²) >= 11 is 1.72. The minimum atomic E-state index is -1.02. The lowest BCUT2D eigenvalue weighted by Gasteiger charge is -2.25. The standard InChI is InChI=1S/C17H21N3O2S/c1-20(2)15(12-7-9-13(23-3)10-8-12)11-18-16-6-4-5-14(19-16)17(21)22/h4-10,15H,11H2,1-3H3,(H,18,19)(H,21,22). The maximum Gasteiger partial charge on any atom is 0.354 e. The molecule has 1 atom stereocenters. The number of nitrogens with one attached hydrogen (secondary N) is 1. The van der Waals surface area contributed by atoms with Crippen molar-refractivity contribution in [1.29, 1.82) is 0 Å². The van der Waals surface area contributed by atoms with Crippen LogP contribution in [0.2, 0.25) is 0 Å². The Balaban J connectivity index is 2.10. The summed E-state index contributed by atoms with van der Waals surface area (Å²) in [5.41, 5.74) is 1.25. The molecule has 1 aromatic carbocycles. The van der Waals surface area contributed by atoms with Gasteiger partial charge < -0.3 is 15.3 Å². The molecule has 0 spiro atoms. The Hall–Kier alpha value is -2.05. The highest BCUT2D eigenvalue weighted by molar-refractivity contribution is 7.98. The van der Waals surface area contributed by atoms with Gasteiger partial charge in [-0.25, -0.2) is 9.78 Å². The Labute approximate surface area is 140 Å².